The number of rotatable bonds is 9. The lowest BCUT2D eigenvalue weighted by Crippen LogP contribution is -2.58. The summed E-state index contributed by atoms with van der Waals surface area (Å²) in [6.07, 6.45) is -14.0. The van der Waals surface area contributed by atoms with Crippen molar-refractivity contribution in [3.63, 3.8) is 0 Å². The van der Waals surface area contributed by atoms with Crippen LogP contribution in [0.1, 0.15) is 99.8 Å². The molecule has 4 unspecified atom stereocenters. The Hall–Kier alpha value is -1.77. The van der Waals surface area contributed by atoms with Crippen molar-refractivity contribution in [1.29, 1.82) is 0 Å². The maximum Gasteiger partial charge on any atom is 0.426 e. The average Bonchev–Trinajstić information content (AvgIpc) is 3.50. The maximum absolute atomic E-state index is 12.5. The molecule has 2 rings (SSSR count). The van der Waals surface area contributed by atoms with Gasteiger partial charge in [-0.15, -0.1) is 0 Å². The quantitative estimate of drug-likeness (QED) is 0.193. The van der Waals surface area contributed by atoms with Gasteiger partial charge in [0.15, 0.2) is 5.60 Å². The van der Waals surface area contributed by atoms with E-state index in [0.717, 1.165) is 12.8 Å². The van der Waals surface area contributed by atoms with E-state index in [1.807, 2.05) is 20.8 Å². The summed E-state index contributed by atoms with van der Waals surface area (Å²) >= 11 is 0. The van der Waals surface area contributed by atoms with Gasteiger partial charge in [-0.1, -0.05) is 20.3 Å². The van der Waals surface area contributed by atoms with E-state index in [1.54, 1.807) is 20.8 Å². The van der Waals surface area contributed by atoms with Crippen molar-refractivity contribution < 1.29 is 68.8 Å². The van der Waals surface area contributed by atoms with E-state index in [0.29, 0.717) is 32.6 Å². The number of fused-ring (bicyclic) bond motifs is 2. The normalized spacial score (nSPS) is 22.2. The zero-order valence-corrected chi connectivity index (χ0v) is 26.5. The molecule has 4 atom stereocenters. The largest absolute Gasteiger partial charge is 0.469 e. The Bertz CT molecular complexity index is 910. The predicted octanol–water partition coefficient (Wildman–Crippen LogP) is 7.93. The highest BCUT2D eigenvalue weighted by Crippen LogP contribution is 2.55. The molecule has 0 radical (unpaired) electrons. The topological polar surface area (TPSA) is 93.1 Å². The number of esters is 2. The number of ether oxygens (including phenoxy) is 2. The Labute approximate surface area is 253 Å². The van der Waals surface area contributed by atoms with Crippen LogP contribution in [0.2, 0.25) is 0 Å². The van der Waals surface area contributed by atoms with Crippen molar-refractivity contribution in [1.82, 2.24) is 0 Å². The summed E-state index contributed by atoms with van der Waals surface area (Å²) in [5, 5.41) is 18.2. The first-order valence-electron chi connectivity index (χ1n) is 14.4. The Balaban J connectivity index is 0.000000667. The van der Waals surface area contributed by atoms with Crippen LogP contribution in [0.15, 0.2) is 0 Å². The second-order valence-electron chi connectivity index (χ2n) is 13.1. The van der Waals surface area contributed by atoms with Gasteiger partial charge >= 0.3 is 30.5 Å². The highest BCUT2D eigenvalue weighted by molar-refractivity contribution is 5.76. The van der Waals surface area contributed by atoms with Crippen molar-refractivity contribution in [2.45, 2.75) is 130 Å². The van der Waals surface area contributed by atoms with E-state index in [2.05, 4.69) is 4.74 Å². The molecule has 2 aliphatic carbocycles. The van der Waals surface area contributed by atoms with Gasteiger partial charge in [0.25, 0.3) is 5.60 Å². The molecule has 0 heterocycles. The van der Waals surface area contributed by atoms with Gasteiger partial charge in [0.2, 0.25) is 0 Å². The number of halogens is 9. The molecular weight excluding hydrogens is 615 g/mol. The van der Waals surface area contributed by atoms with Crippen molar-refractivity contribution in [2.24, 2.45) is 28.6 Å². The fourth-order valence-corrected chi connectivity index (χ4v) is 4.64. The average molecular weight is 663 g/mol. The molecule has 0 saturated heterocycles. The summed E-state index contributed by atoms with van der Waals surface area (Å²) in [7, 11) is 1.42. The summed E-state index contributed by atoms with van der Waals surface area (Å²) in [5.41, 5.74) is -8.42. The van der Waals surface area contributed by atoms with Crippen LogP contribution in [0, 0.1) is 28.6 Å². The number of alkyl halides is 9. The van der Waals surface area contributed by atoms with E-state index in [9.17, 15) is 49.1 Å². The predicted molar refractivity (Wildman–Crippen MR) is 143 cm³/mol. The molecule has 44 heavy (non-hydrogen) atoms. The smallest absolute Gasteiger partial charge is 0.426 e. The lowest BCUT2D eigenvalue weighted by atomic mass is 9.79. The molecule has 2 N–H and O–H groups in total. The molecule has 2 aliphatic rings. The number of carbonyl (C=O) groups is 2. The van der Waals surface area contributed by atoms with Gasteiger partial charge in [0.1, 0.15) is 0 Å². The lowest BCUT2D eigenvalue weighted by Gasteiger charge is -2.36. The molecule has 0 aromatic rings. The number of hydrogen-bond donors (Lipinski definition) is 2. The van der Waals surface area contributed by atoms with Crippen LogP contribution < -0.4 is 0 Å². The lowest BCUT2D eigenvalue weighted by molar-refractivity contribution is -0.373. The molecule has 15 heteroatoms. The van der Waals surface area contributed by atoms with Crippen LogP contribution in [-0.2, 0) is 19.1 Å². The molecule has 6 nitrogen and oxygen atoms in total. The van der Waals surface area contributed by atoms with Gasteiger partial charge in [-0.05, 0) is 90.9 Å². The fraction of sp³-hybridized carbons (Fsp3) is 0.931. The molecule has 0 spiro atoms. The fourth-order valence-electron chi connectivity index (χ4n) is 4.64. The Morgan fingerprint density at radius 2 is 1.18 bits per heavy atom. The van der Waals surface area contributed by atoms with Gasteiger partial charge in [0.05, 0.1) is 24.5 Å². The summed E-state index contributed by atoms with van der Waals surface area (Å²) < 4.78 is 121. The Morgan fingerprint density at radius 3 is 1.48 bits per heavy atom. The van der Waals surface area contributed by atoms with E-state index >= 15 is 0 Å². The second-order valence-corrected chi connectivity index (χ2v) is 13.1. The van der Waals surface area contributed by atoms with Crippen LogP contribution >= 0.6 is 0 Å². The number of carbonyl (C=O) groups excluding carboxylic acids is 2. The van der Waals surface area contributed by atoms with Crippen LogP contribution in [0.5, 0.6) is 0 Å². The first-order chi connectivity index (χ1) is 19.5. The molecule has 0 aromatic heterocycles. The molecular formula is C29H47F9O6. The Kier molecular flexibility index (Phi) is 14.6. The van der Waals surface area contributed by atoms with Gasteiger partial charge in [-0.25, -0.2) is 0 Å². The monoisotopic (exact) mass is 662 g/mol. The molecule has 2 saturated carbocycles. The van der Waals surface area contributed by atoms with Crippen molar-refractivity contribution in [3.8, 4) is 0 Å². The van der Waals surface area contributed by atoms with Crippen LogP contribution in [0.4, 0.5) is 39.5 Å². The Morgan fingerprint density at radius 1 is 0.727 bits per heavy atom. The first kappa shape index (κ1) is 42.2. The third-order valence-electron chi connectivity index (χ3n) is 8.87. The highest BCUT2D eigenvalue weighted by atomic mass is 19.4. The van der Waals surface area contributed by atoms with E-state index in [1.165, 1.54) is 7.11 Å². The summed E-state index contributed by atoms with van der Waals surface area (Å²) in [4.78, 5) is 22.3. The third kappa shape index (κ3) is 11.2. The zero-order chi connectivity index (χ0) is 35.2. The highest BCUT2D eigenvalue weighted by Gasteiger charge is 2.71. The number of aliphatic hydroxyl groups is 2. The van der Waals surface area contributed by atoms with Crippen LogP contribution in [0.3, 0.4) is 0 Å². The summed E-state index contributed by atoms with van der Waals surface area (Å²) in [5.74, 6) is -1.21. The summed E-state index contributed by atoms with van der Waals surface area (Å²) in [6, 6.07) is 0. The molecule has 0 aromatic carbocycles. The van der Waals surface area contributed by atoms with Gasteiger partial charge in [0, 0.05) is 6.42 Å². The molecule has 0 amide bonds. The summed E-state index contributed by atoms with van der Waals surface area (Å²) in [6.45, 7) is 11.0. The number of methoxy groups -OCH3 is 1. The molecule has 262 valence electrons. The minimum Gasteiger partial charge on any atom is -0.469 e. The van der Waals surface area contributed by atoms with Gasteiger partial charge < -0.3 is 19.7 Å². The molecule has 2 bridgehead atoms. The van der Waals surface area contributed by atoms with E-state index in [-0.39, 0.29) is 23.2 Å². The SMILES string of the molecule is CCC(C)(C)C(=O)OC.CCC(C)(C)C(=O)OCCC(C)(O)C(F)(F)F.OC(CC1CC2CCC1C2)(C(F)(F)F)C(F)(F)F. The second kappa shape index (κ2) is 15.2. The minimum atomic E-state index is -5.67. The minimum absolute atomic E-state index is 0.0915. The van der Waals surface area contributed by atoms with Gasteiger partial charge in [-0.3, -0.25) is 9.59 Å². The molecule has 0 aliphatic heterocycles. The maximum atomic E-state index is 12.5. The van der Waals surface area contributed by atoms with Crippen molar-refractivity contribution in [2.75, 3.05) is 13.7 Å². The standard InChI is InChI=1S/C11H14F6O.C11H19F3O3.C7H14O2/c12-10(13,14)9(18,11(15,16)17)5-8-4-6-1-2-7(8)3-6;1-5-9(2,3)8(15)17-7-6-10(4,16)11(12,13)14;1-5-7(2,3)6(8)9-4/h6-8,18H,1-5H2;16H,5-7H2,1-4H3;5H2,1-4H3. The third-order valence-corrected chi connectivity index (χ3v) is 8.87. The van der Waals surface area contributed by atoms with E-state index in [4.69, 9.17) is 14.9 Å². The van der Waals surface area contributed by atoms with E-state index < -0.39 is 66.5 Å². The van der Waals surface area contributed by atoms with Crippen LogP contribution in [-0.4, -0.2) is 65.6 Å². The zero-order valence-electron chi connectivity index (χ0n) is 26.5. The van der Waals surface area contributed by atoms with Crippen LogP contribution in [0.25, 0.3) is 0 Å². The van der Waals surface area contributed by atoms with Crippen molar-refractivity contribution in [3.05, 3.63) is 0 Å². The number of hydrogen-bond acceptors (Lipinski definition) is 6. The first-order valence-corrected chi connectivity index (χ1v) is 14.4. The van der Waals surface area contributed by atoms with Crippen molar-refractivity contribution >= 4 is 11.9 Å². The van der Waals surface area contributed by atoms with Gasteiger partial charge in [-0.2, -0.15) is 39.5 Å². The molecule has 2 fully saturated rings.